The molecular formula is C19H22N2O8S2. The number of nitro groups is 2. The molecule has 2 atom stereocenters. The van der Waals surface area contributed by atoms with Gasteiger partial charge in [0.2, 0.25) is 19.7 Å². The van der Waals surface area contributed by atoms with Crippen molar-refractivity contribution in [1.29, 1.82) is 0 Å². The lowest BCUT2D eigenvalue weighted by molar-refractivity contribution is -0.546. The lowest BCUT2D eigenvalue weighted by Crippen LogP contribution is -2.48. The highest BCUT2D eigenvalue weighted by Crippen LogP contribution is 2.34. The molecule has 0 radical (unpaired) electrons. The van der Waals surface area contributed by atoms with Crippen LogP contribution in [-0.2, 0) is 19.7 Å². The largest absolute Gasteiger partial charge is 0.325 e. The van der Waals surface area contributed by atoms with Crippen LogP contribution in [0.5, 0.6) is 0 Å². The van der Waals surface area contributed by atoms with Crippen molar-refractivity contribution in [3.05, 3.63) is 80.9 Å². The van der Waals surface area contributed by atoms with Crippen molar-refractivity contribution in [2.45, 2.75) is 46.7 Å². The van der Waals surface area contributed by atoms with Gasteiger partial charge in [-0.15, -0.1) is 0 Å². The molecular weight excluding hydrogens is 448 g/mol. The summed E-state index contributed by atoms with van der Waals surface area (Å²) < 4.78 is 52.4. The van der Waals surface area contributed by atoms with Gasteiger partial charge in [-0.2, -0.15) is 0 Å². The summed E-state index contributed by atoms with van der Waals surface area (Å²) in [6, 6.07) is 13.0. The van der Waals surface area contributed by atoms with Crippen molar-refractivity contribution in [1.82, 2.24) is 0 Å². The molecule has 0 aromatic heterocycles. The van der Waals surface area contributed by atoms with E-state index in [1.54, 1.807) is 6.92 Å². The molecule has 31 heavy (non-hydrogen) atoms. The molecule has 10 nitrogen and oxygen atoms in total. The van der Waals surface area contributed by atoms with Gasteiger partial charge in [-0.3, -0.25) is 20.2 Å². The lowest BCUT2D eigenvalue weighted by Gasteiger charge is -2.23. The average molecular weight is 471 g/mol. The Hall–Kier alpha value is -2.86. The van der Waals surface area contributed by atoms with E-state index in [9.17, 15) is 37.1 Å². The van der Waals surface area contributed by atoms with Crippen molar-refractivity contribution in [2.75, 3.05) is 0 Å². The Morgan fingerprint density at radius 3 is 1.39 bits per heavy atom. The smallest absolute Gasteiger partial charge is 0.263 e. The molecule has 12 heteroatoms. The number of benzene rings is 2. The predicted molar refractivity (Wildman–Crippen MR) is 112 cm³/mol. The minimum absolute atomic E-state index is 0.175. The molecule has 0 aliphatic carbocycles. The van der Waals surface area contributed by atoms with Gasteiger partial charge >= 0.3 is 10.7 Å². The molecule has 0 N–H and O–H groups in total. The Balaban J connectivity index is 2.72. The Bertz CT molecular complexity index is 1030. The van der Waals surface area contributed by atoms with Crippen LogP contribution in [0.4, 0.5) is 0 Å². The highest BCUT2D eigenvalue weighted by atomic mass is 32.2. The second kappa shape index (κ2) is 9.96. The van der Waals surface area contributed by atoms with Gasteiger partial charge in [0.1, 0.15) is 5.92 Å². The summed E-state index contributed by atoms with van der Waals surface area (Å²) in [4.78, 5) is 20.8. The van der Waals surface area contributed by atoms with Crippen molar-refractivity contribution >= 4 is 19.7 Å². The van der Waals surface area contributed by atoms with E-state index in [2.05, 4.69) is 0 Å². The number of unbranched alkanes of at least 4 members (excludes halogenated alkanes) is 1. The maximum absolute atomic E-state index is 13.1. The Kier molecular flexibility index (Phi) is 7.85. The summed E-state index contributed by atoms with van der Waals surface area (Å²) in [6.07, 6.45) is 0.280. The second-order valence-electron chi connectivity index (χ2n) is 6.87. The van der Waals surface area contributed by atoms with Crippen LogP contribution in [0.2, 0.25) is 0 Å². The van der Waals surface area contributed by atoms with Gasteiger partial charge in [-0.1, -0.05) is 56.2 Å². The first-order valence-electron chi connectivity index (χ1n) is 9.40. The number of rotatable bonds is 11. The fourth-order valence-electron chi connectivity index (χ4n) is 3.36. The van der Waals surface area contributed by atoms with Gasteiger partial charge in [-0.05, 0) is 30.7 Å². The third-order valence-electron chi connectivity index (χ3n) is 4.82. The van der Waals surface area contributed by atoms with Gasteiger partial charge in [-0.25, -0.2) is 16.8 Å². The highest BCUT2D eigenvalue weighted by Gasteiger charge is 2.57. The molecule has 0 aliphatic heterocycles. The van der Waals surface area contributed by atoms with Crippen LogP contribution < -0.4 is 0 Å². The van der Waals surface area contributed by atoms with Gasteiger partial charge in [0.15, 0.2) is 0 Å². The quantitative estimate of drug-likeness (QED) is 0.358. The minimum Gasteiger partial charge on any atom is -0.263 e. The van der Waals surface area contributed by atoms with Crippen molar-refractivity contribution in [3.8, 4) is 0 Å². The van der Waals surface area contributed by atoms with Gasteiger partial charge < -0.3 is 0 Å². The maximum Gasteiger partial charge on any atom is 0.325 e. The second-order valence-corrected chi connectivity index (χ2v) is 11.0. The molecule has 0 aliphatic rings. The summed E-state index contributed by atoms with van der Waals surface area (Å²) in [5.74, 6) is -1.90. The number of hydrogen-bond donors (Lipinski definition) is 0. The number of sulfone groups is 2. The zero-order valence-electron chi connectivity index (χ0n) is 16.6. The molecule has 2 aromatic rings. The molecule has 0 saturated carbocycles. The maximum atomic E-state index is 13.1. The highest BCUT2D eigenvalue weighted by molar-refractivity contribution is 7.92. The molecule has 0 amide bonds. The Morgan fingerprint density at radius 1 is 0.742 bits per heavy atom. The fourth-order valence-corrected chi connectivity index (χ4v) is 7.04. The molecule has 0 bridgehead atoms. The van der Waals surface area contributed by atoms with Crippen LogP contribution in [0.25, 0.3) is 0 Å². The first-order valence-corrected chi connectivity index (χ1v) is 12.5. The summed E-state index contributed by atoms with van der Waals surface area (Å²) in [7, 11) is -9.44. The Labute approximate surface area is 180 Å². The topological polar surface area (TPSA) is 155 Å². The molecule has 0 unspecified atom stereocenters. The van der Waals surface area contributed by atoms with E-state index in [4.69, 9.17) is 0 Å². The molecule has 2 aromatic carbocycles. The van der Waals surface area contributed by atoms with Crippen LogP contribution >= 0.6 is 0 Å². The van der Waals surface area contributed by atoms with E-state index >= 15 is 0 Å². The summed E-state index contributed by atoms with van der Waals surface area (Å²) in [5.41, 5.74) is 0. The van der Waals surface area contributed by atoms with Crippen LogP contribution in [0.15, 0.2) is 70.5 Å². The average Bonchev–Trinajstić information content (AvgIpc) is 2.72. The standard InChI is InChI=1S/C19H22N2O8S2/c1-2-3-14-17(18(20(22)23)30(26,27)15-10-6-4-7-11-15)19(21(24)25)31(28,29)16-12-8-5-9-13-16/h4-13,17-19H,2-3,14H2,1H3/t18-,19-/m1/s1. The predicted octanol–water partition coefficient (Wildman–Crippen LogP) is 2.95. The van der Waals surface area contributed by atoms with E-state index in [-0.39, 0.29) is 12.8 Å². The first-order chi connectivity index (χ1) is 14.5. The minimum atomic E-state index is -4.72. The summed E-state index contributed by atoms with van der Waals surface area (Å²) in [5, 5.41) is 18.8. The SMILES string of the molecule is CCCCC([C@H]([N+](=O)[O-])S(=O)(=O)c1ccccc1)[C@H]([N+](=O)[O-])S(=O)(=O)c1ccccc1. The number of hydrogen-bond acceptors (Lipinski definition) is 8. The van der Waals surface area contributed by atoms with Gasteiger partial charge in [0.05, 0.1) is 9.79 Å². The molecule has 168 valence electrons. The van der Waals surface area contributed by atoms with E-state index in [1.165, 1.54) is 36.4 Å². The summed E-state index contributed by atoms with van der Waals surface area (Å²) >= 11 is 0. The zero-order valence-corrected chi connectivity index (χ0v) is 18.2. The fraction of sp³-hybridized carbons (Fsp3) is 0.368. The van der Waals surface area contributed by atoms with E-state index in [0.717, 1.165) is 24.3 Å². The van der Waals surface area contributed by atoms with Gasteiger partial charge in [0, 0.05) is 9.85 Å². The molecule has 0 saturated heterocycles. The van der Waals surface area contributed by atoms with E-state index in [1.807, 2.05) is 0 Å². The van der Waals surface area contributed by atoms with Crippen LogP contribution in [0, 0.1) is 26.1 Å². The van der Waals surface area contributed by atoms with Gasteiger partial charge in [0.25, 0.3) is 0 Å². The van der Waals surface area contributed by atoms with Crippen molar-refractivity contribution in [3.63, 3.8) is 0 Å². The molecule has 2 rings (SSSR count). The normalized spacial score (nSPS) is 14.1. The van der Waals surface area contributed by atoms with Crippen LogP contribution in [-0.4, -0.2) is 37.4 Å². The third-order valence-corrected chi connectivity index (χ3v) is 8.99. The van der Waals surface area contributed by atoms with Crippen molar-refractivity contribution in [2.24, 2.45) is 5.92 Å². The van der Waals surface area contributed by atoms with E-state index in [0.29, 0.717) is 6.42 Å². The van der Waals surface area contributed by atoms with Crippen molar-refractivity contribution < 1.29 is 26.7 Å². The zero-order chi connectivity index (χ0) is 23.2. The van der Waals surface area contributed by atoms with Crippen LogP contribution in [0.1, 0.15) is 26.2 Å². The molecule has 0 heterocycles. The molecule has 0 spiro atoms. The molecule has 0 fully saturated rings. The monoisotopic (exact) mass is 470 g/mol. The summed E-state index contributed by atoms with van der Waals surface area (Å²) in [6.45, 7) is 1.71. The van der Waals surface area contributed by atoms with E-state index < -0.39 is 56.0 Å². The number of nitrogens with zero attached hydrogens (tertiary/aromatic N) is 2. The first kappa shape index (κ1) is 24.4. The lowest BCUT2D eigenvalue weighted by atomic mass is 10.0. The van der Waals surface area contributed by atoms with Crippen LogP contribution in [0.3, 0.4) is 0 Å². The third kappa shape index (κ3) is 5.25. The Morgan fingerprint density at radius 2 is 1.10 bits per heavy atom.